The van der Waals surface area contributed by atoms with Crippen molar-refractivity contribution < 1.29 is 4.79 Å². The third kappa shape index (κ3) is 1.42. The second-order valence-corrected chi connectivity index (χ2v) is 3.20. The van der Waals surface area contributed by atoms with Crippen molar-refractivity contribution in [2.45, 2.75) is 6.42 Å². The summed E-state index contributed by atoms with van der Waals surface area (Å²) >= 11 is 0. The molecule has 1 saturated heterocycles. The Morgan fingerprint density at radius 3 is 3.15 bits per heavy atom. The maximum atomic E-state index is 11.7. The highest BCUT2D eigenvalue weighted by Gasteiger charge is 2.24. The van der Waals surface area contributed by atoms with E-state index in [1.54, 1.807) is 6.07 Å². The molecule has 1 unspecified atom stereocenters. The van der Waals surface area contributed by atoms with Gasteiger partial charge in [0.25, 0.3) is 5.91 Å². The van der Waals surface area contributed by atoms with Crippen LogP contribution in [0.1, 0.15) is 11.2 Å². The van der Waals surface area contributed by atoms with Gasteiger partial charge in [-0.3, -0.25) is 4.79 Å². The van der Waals surface area contributed by atoms with Gasteiger partial charge in [-0.2, -0.15) is 9.78 Å². The van der Waals surface area contributed by atoms with E-state index in [0.29, 0.717) is 5.82 Å². The third-order valence-corrected chi connectivity index (χ3v) is 2.29. The minimum Gasteiger partial charge on any atom is -0.383 e. The van der Waals surface area contributed by atoms with Crippen molar-refractivity contribution in [2.75, 3.05) is 18.8 Å². The molecule has 13 heavy (non-hydrogen) atoms. The number of carbonyl (C=O) groups is 1. The first-order chi connectivity index (χ1) is 6.29. The fourth-order valence-corrected chi connectivity index (χ4v) is 1.54. The maximum absolute atomic E-state index is 11.7. The minimum absolute atomic E-state index is 0.00694. The second kappa shape index (κ2) is 3.18. The van der Waals surface area contributed by atoms with E-state index in [-0.39, 0.29) is 11.8 Å². The molecule has 0 aromatic carbocycles. The van der Waals surface area contributed by atoms with Crippen LogP contribution in [0.2, 0.25) is 0 Å². The van der Waals surface area contributed by atoms with Crippen LogP contribution in [0.3, 0.4) is 0 Å². The molecule has 1 aliphatic rings. The quantitative estimate of drug-likeness (QED) is 0.623. The highest BCUT2D eigenvalue weighted by Crippen LogP contribution is 2.12. The summed E-state index contributed by atoms with van der Waals surface area (Å²) in [6.45, 7) is 1.63. The van der Waals surface area contributed by atoms with Crippen molar-refractivity contribution in [1.82, 2.24) is 15.1 Å². The van der Waals surface area contributed by atoms with Crippen LogP contribution < -0.4 is 11.1 Å². The zero-order valence-electron chi connectivity index (χ0n) is 7.23. The van der Waals surface area contributed by atoms with E-state index in [1.807, 2.05) is 0 Å². The smallest absolute Gasteiger partial charge is 0.253 e. The Morgan fingerprint density at radius 1 is 1.77 bits per heavy atom. The highest BCUT2D eigenvalue weighted by atomic mass is 16.2. The first-order valence-corrected chi connectivity index (χ1v) is 4.33. The van der Waals surface area contributed by atoms with Crippen molar-refractivity contribution in [3.63, 3.8) is 0 Å². The molecule has 0 aliphatic carbocycles. The summed E-state index contributed by atoms with van der Waals surface area (Å²) in [4.78, 5) is 11.7. The summed E-state index contributed by atoms with van der Waals surface area (Å²) < 4.78 is 1.28. The number of nitrogens with zero attached hydrogens (tertiary/aromatic N) is 2. The Morgan fingerprint density at radius 2 is 2.62 bits per heavy atom. The lowest BCUT2D eigenvalue weighted by molar-refractivity contribution is 0.0832. The maximum Gasteiger partial charge on any atom is 0.253 e. The molecule has 70 valence electrons. The van der Waals surface area contributed by atoms with Gasteiger partial charge in [-0.1, -0.05) is 0 Å². The van der Waals surface area contributed by atoms with Gasteiger partial charge in [0.2, 0.25) is 0 Å². The van der Waals surface area contributed by atoms with Gasteiger partial charge in [-0.05, 0) is 13.0 Å². The zero-order valence-corrected chi connectivity index (χ0v) is 7.23. The molecular weight excluding hydrogens is 168 g/mol. The summed E-state index contributed by atoms with van der Waals surface area (Å²) in [5, 5.41) is 7.01. The molecule has 0 radical (unpaired) electrons. The van der Waals surface area contributed by atoms with Crippen molar-refractivity contribution in [3.05, 3.63) is 12.3 Å². The fourth-order valence-electron chi connectivity index (χ4n) is 1.54. The number of aromatic nitrogens is 2. The topological polar surface area (TPSA) is 72.9 Å². The van der Waals surface area contributed by atoms with Crippen LogP contribution in [0, 0.1) is 5.92 Å². The highest BCUT2D eigenvalue weighted by molar-refractivity contribution is 5.83. The van der Waals surface area contributed by atoms with Gasteiger partial charge in [0, 0.05) is 12.6 Å². The van der Waals surface area contributed by atoms with Crippen LogP contribution >= 0.6 is 0 Å². The molecule has 5 nitrogen and oxygen atoms in total. The molecule has 1 aliphatic heterocycles. The van der Waals surface area contributed by atoms with Crippen molar-refractivity contribution >= 4 is 11.7 Å². The van der Waals surface area contributed by atoms with Gasteiger partial charge in [-0.15, -0.1) is 0 Å². The molecule has 2 heterocycles. The number of rotatable bonds is 1. The van der Waals surface area contributed by atoms with Crippen molar-refractivity contribution in [1.29, 1.82) is 0 Å². The monoisotopic (exact) mass is 180 g/mol. The number of hydrogen-bond acceptors (Lipinski definition) is 4. The molecule has 0 bridgehead atoms. The van der Waals surface area contributed by atoms with Crippen LogP contribution in [-0.2, 0) is 0 Å². The summed E-state index contributed by atoms with van der Waals surface area (Å²) in [5.41, 5.74) is 5.57. The van der Waals surface area contributed by atoms with Gasteiger partial charge < -0.3 is 11.1 Å². The average molecular weight is 180 g/mol. The fraction of sp³-hybridized carbons (Fsp3) is 0.500. The van der Waals surface area contributed by atoms with Crippen LogP contribution in [0.4, 0.5) is 5.82 Å². The first kappa shape index (κ1) is 8.25. The zero-order chi connectivity index (χ0) is 9.26. The van der Waals surface area contributed by atoms with Gasteiger partial charge >= 0.3 is 0 Å². The number of carbonyl (C=O) groups excluding carboxylic acids is 1. The Kier molecular flexibility index (Phi) is 2.02. The summed E-state index contributed by atoms with van der Waals surface area (Å²) in [5.74, 6) is 0.437. The van der Waals surface area contributed by atoms with E-state index in [9.17, 15) is 4.79 Å². The molecular formula is C8H12N4O. The number of nitrogens with two attached hydrogens (primary N) is 1. The summed E-state index contributed by atoms with van der Waals surface area (Å²) in [7, 11) is 0. The Bertz CT molecular complexity index is 314. The average Bonchev–Trinajstić information content (AvgIpc) is 2.72. The molecule has 5 heteroatoms. The first-order valence-electron chi connectivity index (χ1n) is 4.33. The second-order valence-electron chi connectivity index (χ2n) is 3.20. The molecule has 1 atom stereocenters. The standard InChI is InChI=1S/C8H12N4O/c9-7-2-4-11-12(7)8(13)6-1-3-10-5-6/h2,4,6,10H,1,3,5,9H2. The number of nitrogen functional groups attached to an aromatic ring is 1. The van der Waals surface area contributed by atoms with Crippen LogP contribution in [0.5, 0.6) is 0 Å². The van der Waals surface area contributed by atoms with Crippen molar-refractivity contribution in [3.8, 4) is 0 Å². The van der Waals surface area contributed by atoms with Crippen LogP contribution in [-0.4, -0.2) is 28.8 Å². The molecule has 1 aromatic heterocycles. The largest absolute Gasteiger partial charge is 0.383 e. The van der Waals surface area contributed by atoms with E-state index >= 15 is 0 Å². The molecule has 3 N–H and O–H groups in total. The Balaban J connectivity index is 2.17. The SMILES string of the molecule is Nc1ccnn1C(=O)C1CCNC1. The van der Waals surface area contributed by atoms with Crippen LogP contribution in [0.25, 0.3) is 0 Å². The molecule has 0 amide bonds. The van der Waals surface area contributed by atoms with E-state index in [2.05, 4.69) is 10.4 Å². The summed E-state index contributed by atoms with van der Waals surface area (Å²) in [6, 6.07) is 1.63. The number of nitrogens with one attached hydrogen (secondary N) is 1. The Labute approximate surface area is 75.9 Å². The molecule has 1 aromatic rings. The van der Waals surface area contributed by atoms with Crippen molar-refractivity contribution in [2.24, 2.45) is 5.92 Å². The lowest BCUT2D eigenvalue weighted by Crippen LogP contribution is -2.25. The lowest BCUT2D eigenvalue weighted by atomic mass is 10.1. The minimum atomic E-state index is -0.00694. The third-order valence-electron chi connectivity index (χ3n) is 2.29. The lowest BCUT2D eigenvalue weighted by Gasteiger charge is -2.07. The molecule has 0 saturated carbocycles. The van der Waals surface area contributed by atoms with Gasteiger partial charge in [0.05, 0.1) is 12.1 Å². The van der Waals surface area contributed by atoms with Crippen LogP contribution in [0.15, 0.2) is 12.3 Å². The van der Waals surface area contributed by atoms with Gasteiger partial charge in [0.1, 0.15) is 5.82 Å². The normalized spacial score (nSPS) is 22.0. The molecule has 1 fully saturated rings. The number of hydrogen-bond donors (Lipinski definition) is 2. The molecule has 0 spiro atoms. The van der Waals surface area contributed by atoms with E-state index in [0.717, 1.165) is 19.5 Å². The van der Waals surface area contributed by atoms with Gasteiger partial charge in [-0.25, -0.2) is 0 Å². The van der Waals surface area contributed by atoms with E-state index in [4.69, 9.17) is 5.73 Å². The Hall–Kier alpha value is -1.36. The van der Waals surface area contributed by atoms with E-state index < -0.39 is 0 Å². The summed E-state index contributed by atoms with van der Waals surface area (Å²) in [6.07, 6.45) is 2.41. The van der Waals surface area contributed by atoms with E-state index in [1.165, 1.54) is 10.9 Å². The molecule has 2 rings (SSSR count). The predicted octanol–water partition coefficient (Wildman–Crippen LogP) is -0.285. The predicted molar refractivity (Wildman–Crippen MR) is 48.2 cm³/mol. The number of anilines is 1. The van der Waals surface area contributed by atoms with Gasteiger partial charge in [0.15, 0.2) is 0 Å².